The number of aryl methyl sites for hydroxylation is 2. The smallest absolute Gasteiger partial charge is 0.273 e. The van der Waals surface area contributed by atoms with Gasteiger partial charge >= 0.3 is 0 Å². The molecule has 0 spiro atoms. The van der Waals surface area contributed by atoms with E-state index in [-0.39, 0.29) is 55.7 Å². The summed E-state index contributed by atoms with van der Waals surface area (Å²) in [4.78, 5) is 41.0. The average molecular weight is 512 g/mol. The summed E-state index contributed by atoms with van der Waals surface area (Å²) in [6, 6.07) is 6.65. The van der Waals surface area contributed by atoms with Crippen molar-refractivity contribution in [2.75, 3.05) is 11.9 Å². The molecule has 2 N–H and O–H groups in total. The number of anilines is 1. The van der Waals surface area contributed by atoms with Crippen molar-refractivity contribution in [2.24, 2.45) is 0 Å². The second-order valence-corrected chi connectivity index (χ2v) is 9.04. The number of ether oxygens (including phenoxy) is 1. The zero-order valence-corrected chi connectivity index (χ0v) is 20.6. The summed E-state index contributed by atoms with van der Waals surface area (Å²) in [6.45, 7) is 2.88. The summed E-state index contributed by atoms with van der Waals surface area (Å²) >= 11 is 0. The number of pyridine rings is 2. The average Bonchev–Trinajstić information content (AvgIpc) is 3.55. The Morgan fingerprint density at radius 3 is 2.89 bits per heavy atom. The van der Waals surface area contributed by atoms with Gasteiger partial charge in [0.15, 0.2) is 5.69 Å². The van der Waals surface area contributed by atoms with Crippen molar-refractivity contribution in [2.45, 2.75) is 64.5 Å². The van der Waals surface area contributed by atoms with E-state index in [1.807, 2.05) is 19.1 Å². The Kier molecular flexibility index (Phi) is 8.72. The molecule has 1 aliphatic heterocycles. The molecular weight excluding hydrogens is 481 g/mol. The summed E-state index contributed by atoms with van der Waals surface area (Å²) in [7, 11) is 0. The first-order valence-corrected chi connectivity index (χ1v) is 12.2. The fraction of sp³-hybridized carbons (Fsp3) is 0.440. The van der Waals surface area contributed by atoms with Crippen molar-refractivity contribution in [1.29, 1.82) is 0 Å². The molecule has 37 heavy (non-hydrogen) atoms. The maximum Gasteiger partial charge on any atom is 0.273 e. The Morgan fingerprint density at radius 2 is 2.16 bits per heavy atom. The zero-order valence-electron chi connectivity index (χ0n) is 20.6. The van der Waals surface area contributed by atoms with Crippen LogP contribution in [0.1, 0.15) is 47.4 Å². The van der Waals surface area contributed by atoms with Crippen molar-refractivity contribution in [3.63, 3.8) is 0 Å². The van der Waals surface area contributed by atoms with Gasteiger partial charge in [0.05, 0.1) is 25.3 Å². The number of halogens is 1. The molecule has 0 saturated carbocycles. The monoisotopic (exact) mass is 511 g/mol. The van der Waals surface area contributed by atoms with Gasteiger partial charge in [-0.2, -0.15) is 0 Å². The van der Waals surface area contributed by atoms with Gasteiger partial charge < -0.3 is 19.9 Å². The van der Waals surface area contributed by atoms with Gasteiger partial charge in [-0.05, 0) is 43.9 Å². The number of carbonyl (C=O) groups is 2. The van der Waals surface area contributed by atoms with Gasteiger partial charge in [0.25, 0.3) is 11.5 Å². The van der Waals surface area contributed by atoms with Crippen LogP contribution < -0.4 is 16.2 Å². The van der Waals surface area contributed by atoms with Crippen molar-refractivity contribution in [3.05, 3.63) is 70.2 Å². The van der Waals surface area contributed by atoms with Crippen LogP contribution in [-0.4, -0.2) is 55.2 Å². The second-order valence-electron chi connectivity index (χ2n) is 9.04. The normalized spacial score (nSPS) is 15.9. The lowest BCUT2D eigenvalue weighted by Crippen LogP contribution is -2.24. The highest BCUT2D eigenvalue weighted by molar-refractivity contribution is 5.92. The van der Waals surface area contributed by atoms with Crippen LogP contribution in [-0.2, 0) is 29.2 Å². The highest BCUT2D eigenvalue weighted by Crippen LogP contribution is 2.16. The molecule has 3 aromatic heterocycles. The number of hydrogen-bond acceptors (Lipinski definition) is 7. The Morgan fingerprint density at radius 1 is 1.30 bits per heavy atom. The molecule has 0 aliphatic carbocycles. The van der Waals surface area contributed by atoms with Gasteiger partial charge in [0.1, 0.15) is 6.17 Å². The Balaban J connectivity index is 1.21. The molecule has 2 atom stereocenters. The van der Waals surface area contributed by atoms with E-state index in [0.717, 1.165) is 24.1 Å². The minimum absolute atomic E-state index is 0.0619. The Labute approximate surface area is 213 Å². The Bertz CT molecular complexity index is 1270. The van der Waals surface area contributed by atoms with Gasteiger partial charge in [0, 0.05) is 49.5 Å². The molecule has 3 aromatic rings. The van der Waals surface area contributed by atoms with E-state index in [0.29, 0.717) is 12.3 Å². The van der Waals surface area contributed by atoms with Crippen LogP contribution in [0.2, 0.25) is 0 Å². The van der Waals surface area contributed by atoms with E-state index in [9.17, 15) is 18.8 Å². The van der Waals surface area contributed by atoms with Gasteiger partial charge in [0.2, 0.25) is 5.91 Å². The predicted octanol–water partition coefficient (Wildman–Crippen LogP) is 2.01. The lowest BCUT2D eigenvalue weighted by molar-refractivity contribution is -0.118. The van der Waals surface area contributed by atoms with E-state index in [2.05, 4.69) is 25.9 Å². The van der Waals surface area contributed by atoms with E-state index >= 15 is 0 Å². The SMILES string of the molecule is Cc1ccc(CNC(=O)c2cn(CC(F)CCn3ccc(NC(=O)CC4CCCO4)cc3=O)nn2)cn1. The highest BCUT2D eigenvalue weighted by atomic mass is 19.1. The lowest BCUT2D eigenvalue weighted by Gasteiger charge is -2.12. The van der Waals surface area contributed by atoms with Crippen LogP contribution in [0.3, 0.4) is 0 Å². The van der Waals surface area contributed by atoms with E-state index in [4.69, 9.17) is 4.74 Å². The quantitative estimate of drug-likeness (QED) is 0.402. The minimum atomic E-state index is -1.31. The number of nitrogens with one attached hydrogen (secondary N) is 2. The first kappa shape index (κ1) is 26.1. The van der Waals surface area contributed by atoms with Gasteiger partial charge in [-0.15, -0.1) is 5.10 Å². The molecule has 1 fully saturated rings. The zero-order chi connectivity index (χ0) is 26.2. The maximum absolute atomic E-state index is 14.6. The maximum atomic E-state index is 14.6. The third kappa shape index (κ3) is 7.78. The van der Waals surface area contributed by atoms with Crippen LogP contribution in [0.5, 0.6) is 0 Å². The van der Waals surface area contributed by atoms with Crippen LogP contribution in [0.25, 0.3) is 0 Å². The van der Waals surface area contributed by atoms with E-state index in [1.165, 1.54) is 27.7 Å². The standard InChI is InChI=1S/C25H30FN7O4/c1-17-4-5-18(13-27-17)14-28-25(36)22-16-33(31-30-22)15-19(26)6-8-32-9-7-20(11-24(32)35)29-23(34)12-21-3-2-10-37-21/h4-5,7,9,11,13,16,19,21H,2-3,6,8,10,12,14-15H2,1H3,(H,28,36)(H,29,34). The first-order valence-electron chi connectivity index (χ1n) is 12.2. The second kappa shape index (κ2) is 12.3. The van der Waals surface area contributed by atoms with Crippen LogP contribution in [0, 0.1) is 6.92 Å². The lowest BCUT2D eigenvalue weighted by atomic mass is 10.2. The predicted molar refractivity (Wildman–Crippen MR) is 133 cm³/mol. The third-order valence-electron chi connectivity index (χ3n) is 5.98. The van der Waals surface area contributed by atoms with Crippen LogP contribution in [0.4, 0.5) is 10.1 Å². The molecule has 11 nitrogen and oxygen atoms in total. The van der Waals surface area contributed by atoms with Gasteiger partial charge in [-0.1, -0.05) is 11.3 Å². The number of aromatic nitrogens is 5. The summed E-state index contributed by atoms with van der Waals surface area (Å²) in [5, 5.41) is 13.1. The molecule has 0 bridgehead atoms. The fourth-order valence-corrected chi connectivity index (χ4v) is 3.94. The molecule has 0 radical (unpaired) electrons. The highest BCUT2D eigenvalue weighted by Gasteiger charge is 2.19. The van der Waals surface area contributed by atoms with Crippen LogP contribution in [0.15, 0.2) is 47.7 Å². The summed E-state index contributed by atoms with van der Waals surface area (Å²) in [5.74, 6) is -0.627. The number of nitrogens with zero attached hydrogens (tertiary/aromatic N) is 5. The fourth-order valence-electron chi connectivity index (χ4n) is 3.94. The van der Waals surface area contributed by atoms with Crippen molar-refractivity contribution < 1.29 is 18.7 Å². The summed E-state index contributed by atoms with van der Waals surface area (Å²) < 4.78 is 22.7. The summed E-state index contributed by atoms with van der Waals surface area (Å²) in [5.41, 5.74) is 1.87. The number of hydrogen-bond donors (Lipinski definition) is 2. The third-order valence-corrected chi connectivity index (χ3v) is 5.98. The molecule has 2 unspecified atom stereocenters. The number of rotatable bonds is 11. The molecular formula is C25H30FN7O4. The molecule has 2 amide bonds. The summed E-state index contributed by atoms with van der Waals surface area (Å²) in [6.07, 6.45) is 5.32. The van der Waals surface area contributed by atoms with Crippen molar-refractivity contribution >= 4 is 17.5 Å². The molecule has 196 valence electrons. The molecule has 1 saturated heterocycles. The van der Waals surface area contributed by atoms with Crippen molar-refractivity contribution in [3.8, 4) is 0 Å². The topological polar surface area (TPSA) is 133 Å². The number of alkyl halides is 1. The minimum Gasteiger partial charge on any atom is -0.378 e. The molecule has 4 heterocycles. The first-order chi connectivity index (χ1) is 17.9. The van der Waals surface area contributed by atoms with Gasteiger partial charge in [-0.3, -0.25) is 19.4 Å². The van der Waals surface area contributed by atoms with E-state index in [1.54, 1.807) is 12.3 Å². The molecule has 12 heteroatoms. The van der Waals surface area contributed by atoms with E-state index < -0.39 is 12.1 Å². The Hall–Kier alpha value is -3.93. The molecule has 0 aromatic carbocycles. The number of amides is 2. The number of carbonyl (C=O) groups excluding carboxylic acids is 2. The van der Waals surface area contributed by atoms with Gasteiger partial charge in [-0.25, -0.2) is 9.07 Å². The molecule has 1 aliphatic rings. The van der Waals surface area contributed by atoms with Crippen LogP contribution >= 0.6 is 0 Å². The van der Waals surface area contributed by atoms with Crippen molar-refractivity contribution in [1.82, 2.24) is 29.9 Å². The molecule has 4 rings (SSSR count). The largest absolute Gasteiger partial charge is 0.378 e.